The zero-order chi connectivity index (χ0) is 27.8. The largest absolute Gasteiger partial charge is 0.385 e. The molecule has 2 aromatic carbocycles. The number of anilines is 2. The van der Waals surface area contributed by atoms with Crippen molar-refractivity contribution >= 4 is 45.9 Å². The van der Waals surface area contributed by atoms with Crippen molar-refractivity contribution in [1.29, 1.82) is 0 Å². The van der Waals surface area contributed by atoms with Crippen LogP contribution >= 0.6 is 0 Å². The highest BCUT2D eigenvalue weighted by Crippen LogP contribution is 2.21. The highest BCUT2D eigenvalue weighted by atomic mass is 16.1. The number of Topliss-reactive ketones (excluding diaryl/α,β-unsaturated/α-hetero) is 1. The van der Waals surface area contributed by atoms with Gasteiger partial charge in [0.05, 0.1) is 78.9 Å². The molecule has 0 fully saturated rings. The van der Waals surface area contributed by atoms with E-state index in [1.807, 2.05) is 48.5 Å². The zero-order valence-corrected chi connectivity index (χ0v) is 23.8. The number of nitrogens with one attached hydrogen (secondary N) is 2. The third-order valence-corrected chi connectivity index (χ3v) is 6.00. The fraction of sp³-hybridized carbons (Fsp3) is 0.448. The minimum absolute atomic E-state index is 0.0355. The highest BCUT2D eigenvalue weighted by molar-refractivity contribution is 6.58. The molecule has 0 atom stereocenters. The van der Waals surface area contributed by atoms with Gasteiger partial charge in [0, 0.05) is 37.3 Å². The molecular formula is C29H44N8O+2. The lowest BCUT2D eigenvalue weighted by Gasteiger charge is -2.23. The Morgan fingerprint density at radius 3 is 1.66 bits per heavy atom. The van der Waals surface area contributed by atoms with Crippen LogP contribution < -0.4 is 16.4 Å². The van der Waals surface area contributed by atoms with Crippen molar-refractivity contribution in [3.05, 3.63) is 48.5 Å². The van der Waals surface area contributed by atoms with Crippen LogP contribution in [0.1, 0.15) is 19.3 Å². The first-order chi connectivity index (χ1) is 17.9. The summed E-state index contributed by atoms with van der Waals surface area (Å²) in [5.41, 5.74) is 9.90. The van der Waals surface area contributed by atoms with Gasteiger partial charge in [0.2, 0.25) is 5.78 Å². The first-order valence-electron chi connectivity index (χ1n) is 13.2. The van der Waals surface area contributed by atoms with Crippen LogP contribution in [0.25, 0.3) is 0 Å². The van der Waals surface area contributed by atoms with Crippen LogP contribution in [0.2, 0.25) is 0 Å². The molecule has 1 aliphatic rings. The Morgan fingerprint density at radius 2 is 1.21 bits per heavy atom. The first-order valence-corrected chi connectivity index (χ1v) is 13.2. The Morgan fingerprint density at radius 1 is 0.763 bits per heavy atom. The summed E-state index contributed by atoms with van der Waals surface area (Å²) in [7, 11) is 13.2. The van der Waals surface area contributed by atoms with Crippen molar-refractivity contribution < 1.29 is 13.8 Å². The maximum atomic E-state index is 12.3. The van der Waals surface area contributed by atoms with Crippen LogP contribution in [-0.2, 0) is 4.79 Å². The van der Waals surface area contributed by atoms with E-state index in [4.69, 9.17) is 10.7 Å². The first kappa shape index (κ1) is 29.0. The van der Waals surface area contributed by atoms with Crippen molar-refractivity contribution in [2.24, 2.45) is 20.7 Å². The molecule has 9 heteroatoms. The molecule has 0 spiro atoms. The van der Waals surface area contributed by atoms with E-state index in [1.165, 1.54) is 0 Å². The van der Waals surface area contributed by atoms with E-state index in [1.54, 1.807) is 0 Å². The van der Waals surface area contributed by atoms with Gasteiger partial charge < -0.3 is 25.3 Å². The van der Waals surface area contributed by atoms with Crippen molar-refractivity contribution in [2.45, 2.75) is 19.3 Å². The van der Waals surface area contributed by atoms with E-state index in [-0.39, 0.29) is 18.0 Å². The standard InChI is InChI=1S/C29H43N8O/c1-36(2,3)19-7-17-31-22-9-13-24(14-10-22)33-26-21-27(38)28(30)35-29(26)34-25-15-11-23(12-16-25)32-18-8-20-37(4,5)6/h9-16H,7-8,17-21H2,1-6H3,(H3-,30,31,32,33,34,35,38)/q+1/p+1. The average molecular weight is 521 g/mol. The van der Waals surface area contributed by atoms with Gasteiger partial charge in [0.25, 0.3) is 0 Å². The van der Waals surface area contributed by atoms with E-state index in [9.17, 15) is 4.79 Å². The second-order valence-electron chi connectivity index (χ2n) is 11.8. The van der Waals surface area contributed by atoms with Gasteiger partial charge in [-0.3, -0.25) is 4.79 Å². The Balaban J connectivity index is 1.67. The van der Waals surface area contributed by atoms with Gasteiger partial charge in [-0.1, -0.05) is 0 Å². The normalized spacial score (nSPS) is 16.6. The molecule has 2 aromatic rings. The van der Waals surface area contributed by atoms with Crippen molar-refractivity contribution in [2.75, 3.05) is 79.1 Å². The second-order valence-corrected chi connectivity index (χ2v) is 11.8. The summed E-state index contributed by atoms with van der Waals surface area (Å²) in [6.07, 6.45) is 2.25. The lowest BCUT2D eigenvalue weighted by atomic mass is 10.1. The summed E-state index contributed by atoms with van der Waals surface area (Å²) in [6, 6.07) is 15.7. The van der Waals surface area contributed by atoms with Crippen LogP contribution in [0.4, 0.5) is 22.7 Å². The molecule has 4 N–H and O–H groups in total. The molecule has 0 saturated heterocycles. The highest BCUT2D eigenvalue weighted by Gasteiger charge is 2.23. The smallest absolute Gasteiger partial charge is 0.203 e. The second kappa shape index (κ2) is 12.8. The molecule has 0 aromatic heterocycles. The number of carbonyl (C=O) groups excluding carboxylic acids is 1. The number of benzene rings is 2. The van der Waals surface area contributed by atoms with E-state index in [2.05, 4.69) is 62.9 Å². The minimum Gasteiger partial charge on any atom is -0.385 e. The van der Waals surface area contributed by atoms with Crippen molar-refractivity contribution in [1.82, 2.24) is 0 Å². The third-order valence-electron chi connectivity index (χ3n) is 6.00. The number of quaternary nitrogens is 2. The molecule has 0 aliphatic carbocycles. The van der Waals surface area contributed by atoms with Gasteiger partial charge in [0.1, 0.15) is 0 Å². The molecule has 0 amide bonds. The van der Waals surface area contributed by atoms with E-state index >= 15 is 0 Å². The number of ketones is 1. The quantitative estimate of drug-likeness (QED) is 0.292. The van der Waals surface area contributed by atoms with E-state index in [0.29, 0.717) is 11.5 Å². The van der Waals surface area contributed by atoms with Crippen LogP contribution in [-0.4, -0.2) is 101 Å². The SMILES string of the molecule is C[N+](C)(C)CCCNc1ccc(N=C2CC(=O)C(N)=NC2=Nc2ccc(NCCC[N+](C)(C)C)cc2)cc1. The summed E-state index contributed by atoms with van der Waals surface area (Å²) in [5.74, 6) is 0.0894. The Labute approximate surface area is 227 Å². The van der Waals surface area contributed by atoms with E-state index in [0.717, 1.165) is 70.7 Å². The van der Waals surface area contributed by atoms with Crippen molar-refractivity contribution in [3.63, 3.8) is 0 Å². The molecule has 204 valence electrons. The molecule has 3 rings (SSSR count). The molecular weight excluding hydrogens is 476 g/mol. The molecule has 1 aliphatic heterocycles. The third kappa shape index (κ3) is 10.1. The van der Waals surface area contributed by atoms with Crippen molar-refractivity contribution in [3.8, 4) is 0 Å². The van der Waals surface area contributed by atoms with Gasteiger partial charge in [-0.05, 0) is 48.5 Å². The van der Waals surface area contributed by atoms with Crippen LogP contribution in [0, 0.1) is 0 Å². The molecule has 9 nitrogen and oxygen atoms in total. The topological polar surface area (TPSA) is 104 Å². The zero-order valence-electron chi connectivity index (χ0n) is 23.8. The summed E-state index contributed by atoms with van der Waals surface area (Å²) in [6.45, 7) is 4.03. The monoisotopic (exact) mass is 520 g/mol. The number of amidine groups is 2. The maximum absolute atomic E-state index is 12.3. The predicted molar refractivity (Wildman–Crippen MR) is 160 cm³/mol. The number of hydrogen-bond acceptors (Lipinski definition) is 6. The molecule has 0 radical (unpaired) electrons. The maximum Gasteiger partial charge on any atom is 0.203 e. The molecule has 0 bridgehead atoms. The number of aliphatic imine (C=N–C) groups is 3. The summed E-state index contributed by atoms with van der Waals surface area (Å²) in [4.78, 5) is 25.9. The van der Waals surface area contributed by atoms with Crippen LogP contribution in [0.5, 0.6) is 0 Å². The minimum atomic E-state index is -0.244. The number of carbonyl (C=O) groups is 1. The van der Waals surface area contributed by atoms with Crippen LogP contribution in [0.3, 0.4) is 0 Å². The van der Waals surface area contributed by atoms with E-state index < -0.39 is 0 Å². The Hall–Kier alpha value is -3.56. The lowest BCUT2D eigenvalue weighted by Crippen LogP contribution is -2.36. The van der Waals surface area contributed by atoms with Gasteiger partial charge in [-0.25, -0.2) is 15.0 Å². The number of hydrogen-bond donors (Lipinski definition) is 3. The molecule has 38 heavy (non-hydrogen) atoms. The van der Waals surface area contributed by atoms with Gasteiger partial charge in [-0.15, -0.1) is 0 Å². The van der Waals surface area contributed by atoms with Crippen LogP contribution in [0.15, 0.2) is 63.5 Å². The van der Waals surface area contributed by atoms with Gasteiger partial charge in [0.15, 0.2) is 11.7 Å². The number of nitrogens with two attached hydrogens (primary N) is 1. The fourth-order valence-corrected chi connectivity index (χ4v) is 3.90. The number of nitrogens with zero attached hydrogens (tertiary/aromatic N) is 5. The predicted octanol–water partition coefficient (Wildman–Crippen LogP) is 3.84. The van der Waals surface area contributed by atoms with Gasteiger partial charge in [-0.2, -0.15) is 0 Å². The van der Waals surface area contributed by atoms with Gasteiger partial charge >= 0.3 is 0 Å². The number of rotatable bonds is 12. The molecule has 0 unspecified atom stereocenters. The average Bonchev–Trinajstić information content (AvgIpc) is 2.83. The summed E-state index contributed by atoms with van der Waals surface area (Å²) in [5, 5.41) is 6.90. The lowest BCUT2D eigenvalue weighted by molar-refractivity contribution is -0.870. The summed E-state index contributed by atoms with van der Waals surface area (Å²) < 4.78 is 1.90. The summed E-state index contributed by atoms with van der Waals surface area (Å²) >= 11 is 0. The molecule has 0 saturated carbocycles. The molecule has 1 heterocycles. The Kier molecular flexibility index (Phi) is 9.77. The Bertz CT molecular complexity index is 1170. The fourth-order valence-electron chi connectivity index (χ4n) is 3.90.